The second-order valence-electron chi connectivity index (χ2n) is 10.5. The molecule has 3 N–H and O–H groups in total. The third-order valence-corrected chi connectivity index (χ3v) is 7.60. The molecule has 1 fully saturated rings. The van der Waals surface area contributed by atoms with Crippen LogP contribution in [-0.4, -0.2) is 66.9 Å². The van der Waals surface area contributed by atoms with Gasteiger partial charge in [0.1, 0.15) is 5.83 Å². The Bertz CT molecular complexity index is 1190. The summed E-state index contributed by atoms with van der Waals surface area (Å²) < 4.78 is 13.3. The van der Waals surface area contributed by atoms with Gasteiger partial charge in [0.2, 0.25) is 11.8 Å². The van der Waals surface area contributed by atoms with Crippen LogP contribution in [0.2, 0.25) is 0 Å². The van der Waals surface area contributed by atoms with Crippen molar-refractivity contribution in [3.05, 3.63) is 120 Å². The lowest BCUT2D eigenvalue weighted by molar-refractivity contribution is -0.135. The first-order valence-electron chi connectivity index (χ1n) is 14.3. The SMILES string of the molecule is C=C\C(F)=C/C=C(C)/C=C/C(=O)NC[C@@H]1CCN(CC(c2ccccc2)c2ccccc2)C(=O)[C@H](CCCN)N1C. The molecule has 41 heavy (non-hydrogen) atoms. The van der Waals surface area contributed by atoms with Crippen LogP contribution in [0.4, 0.5) is 4.39 Å². The van der Waals surface area contributed by atoms with Crippen LogP contribution in [-0.2, 0) is 9.59 Å². The van der Waals surface area contributed by atoms with E-state index in [0.29, 0.717) is 32.6 Å². The molecule has 1 saturated heterocycles. The van der Waals surface area contributed by atoms with Crippen molar-refractivity contribution < 1.29 is 14.0 Å². The number of halogens is 1. The summed E-state index contributed by atoms with van der Waals surface area (Å²) in [6.07, 6.45) is 9.22. The molecule has 7 heteroatoms. The standard InChI is InChI=1S/C34H43FN4O2/c1-4-29(35)19-17-26(2)18-20-33(40)37-24-30-21-23-39(34(41)32(38(30)3)16-11-22-36)25-31(27-12-7-5-8-13-27)28-14-9-6-10-15-28/h4-10,12-15,17-20,30-32H,1,11,16,21-25,36H2,2-3H3,(H,37,40)/b20-18+,26-17+,29-19+/t30-,32-/m0/s1. The zero-order valence-electron chi connectivity index (χ0n) is 24.2. The molecule has 2 aromatic rings. The zero-order valence-corrected chi connectivity index (χ0v) is 24.2. The normalized spacial score (nSPS) is 19.0. The van der Waals surface area contributed by atoms with Gasteiger partial charge in [0.25, 0.3) is 0 Å². The summed E-state index contributed by atoms with van der Waals surface area (Å²) in [4.78, 5) is 30.6. The van der Waals surface area contributed by atoms with E-state index >= 15 is 0 Å². The predicted molar refractivity (Wildman–Crippen MR) is 165 cm³/mol. The van der Waals surface area contributed by atoms with Crippen molar-refractivity contribution in [1.82, 2.24) is 15.1 Å². The van der Waals surface area contributed by atoms with Crippen LogP contribution < -0.4 is 11.1 Å². The van der Waals surface area contributed by atoms with Crippen molar-refractivity contribution in [3.8, 4) is 0 Å². The number of amides is 2. The highest BCUT2D eigenvalue weighted by Crippen LogP contribution is 2.28. The molecule has 0 radical (unpaired) electrons. The molecule has 0 saturated carbocycles. The number of carbonyl (C=O) groups is 2. The Morgan fingerprint density at radius 2 is 1.73 bits per heavy atom. The molecule has 2 aromatic carbocycles. The van der Waals surface area contributed by atoms with Gasteiger partial charge in [0.15, 0.2) is 0 Å². The van der Waals surface area contributed by atoms with E-state index in [4.69, 9.17) is 5.73 Å². The van der Waals surface area contributed by atoms with Gasteiger partial charge in [-0.15, -0.1) is 0 Å². The largest absolute Gasteiger partial charge is 0.351 e. The Hall–Kier alpha value is -3.81. The Balaban J connectivity index is 1.75. The predicted octanol–water partition coefficient (Wildman–Crippen LogP) is 5.12. The van der Waals surface area contributed by atoms with Crippen molar-refractivity contribution in [1.29, 1.82) is 0 Å². The molecule has 1 aliphatic heterocycles. The molecule has 0 bridgehead atoms. The quantitative estimate of drug-likeness (QED) is 0.264. The maximum absolute atomic E-state index is 14.0. The van der Waals surface area contributed by atoms with Crippen LogP contribution in [0.25, 0.3) is 0 Å². The van der Waals surface area contributed by atoms with Gasteiger partial charge in [0.05, 0.1) is 6.04 Å². The van der Waals surface area contributed by atoms with Crippen LogP contribution in [0, 0.1) is 0 Å². The van der Waals surface area contributed by atoms with Gasteiger partial charge in [-0.1, -0.05) is 85.0 Å². The lowest BCUT2D eigenvalue weighted by Crippen LogP contribution is -2.50. The summed E-state index contributed by atoms with van der Waals surface area (Å²) in [6.45, 7) is 7.26. The van der Waals surface area contributed by atoms with Gasteiger partial charge in [-0.25, -0.2) is 4.39 Å². The van der Waals surface area contributed by atoms with E-state index in [1.807, 2.05) is 48.3 Å². The molecule has 0 aromatic heterocycles. The number of rotatable bonds is 13. The van der Waals surface area contributed by atoms with Crippen molar-refractivity contribution in [2.45, 2.75) is 44.2 Å². The van der Waals surface area contributed by atoms with Crippen LogP contribution in [0.3, 0.4) is 0 Å². The monoisotopic (exact) mass is 558 g/mol. The lowest BCUT2D eigenvalue weighted by Gasteiger charge is -2.33. The molecule has 3 rings (SSSR count). The molecule has 1 heterocycles. The summed E-state index contributed by atoms with van der Waals surface area (Å²) in [5, 5.41) is 2.99. The van der Waals surface area contributed by atoms with Gasteiger partial charge in [0, 0.05) is 37.7 Å². The Morgan fingerprint density at radius 3 is 2.32 bits per heavy atom. The van der Waals surface area contributed by atoms with Gasteiger partial charge in [-0.3, -0.25) is 14.5 Å². The number of allylic oxidation sites excluding steroid dienone is 6. The topological polar surface area (TPSA) is 78.7 Å². The minimum absolute atomic E-state index is 0.0164. The Kier molecular flexibility index (Phi) is 12.7. The number of nitrogens with two attached hydrogens (primary N) is 1. The summed E-state index contributed by atoms with van der Waals surface area (Å²) in [5.74, 6) is -0.523. The molecule has 0 unspecified atom stereocenters. The van der Waals surface area contributed by atoms with E-state index in [1.165, 1.54) is 23.3 Å². The first-order valence-corrected chi connectivity index (χ1v) is 14.3. The highest BCUT2D eigenvalue weighted by molar-refractivity contribution is 5.88. The number of benzene rings is 2. The van der Waals surface area contributed by atoms with E-state index in [9.17, 15) is 14.0 Å². The van der Waals surface area contributed by atoms with Gasteiger partial charge in [-0.05, 0) is 63.1 Å². The Labute approximate surface area is 244 Å². The fraction of sp³-hybridized carbons (Fsp3) is 0.353. The smallest absolute Gasteiger partial charge is 0.244 e. The van der Waals surface area contributed by atoms with Crippen LogP contribution in [0.1, 0.15) is 43.2 Å². The minimum atomic E-state index is -0.440. The highest BCUT2D eigenvalue weighted by Gasteiger charge is 2.36. The molecule has 0 aliphatic carbocycles. The minimum Gasteiger partial charge on any atom is -0.351 e. The number of nitrogens with one attached hydrogen (secondary N) is 1. The molecule has 2 atom stereocenters. The summed E-state index contributed by atoms with van der Waals surface area (Å²) in [6, 6.07) is 20.3. The van der Waals surface area contributed by atoms with E-state index in [2.05, 4.69) is 41.1 Å². The average Bonchev–Trinajstić information content (AvgIpc) is 3.11. The van der Waals surface area contributed by atoms with Crippen molar-refractivity contribution in [3.63, 3.8) is 0 Å². The van der Waals surface area contributed by atoms with E-state index < -0.39 is 5.83 Å². The number of carbonyl (C=O) groups excluding carboxylic acids is 2. The fourth-order valence-corrected chi connectivity index (χ4v) is 5.14. The maximum Gasteiger partial charge on any atom is 0.244 e. The van der Waals surface area contributed by atoms with Crippen LogP contribution >= 0.6 is 0 Å². The molecule has 0 spiro atoms. The first kappa shape index (κ1) is 31.7. The summed E-state index contributed by atoms with van der Waals surface area (Å²) in [7, 11) is 1.97. The second-order valence-corrected chi connectivity index (χ2v) is 10.5. The highest BCUT2D eigenvalue weighted by atomic mass is 19.1. The van der Waals surface area contributed by atoms with Crippen LogP contribution in [0.5, 0.6) is 0 Å². The zero-order chi connectivity index (χ0) is 29.6. The number of hydrogen-bond donors (Lipinski definition) is 2. The molecular weight excluding hydrogens is 515 g/mol. The number of likely N-dealkylation sites (N-methyl/N-ethyl adjacent to an activating group) is 1. The fourth-order valence-electron chi connectivity index (χ4n) is 5.14. The van der Waals surface area contributed by atoms with E-state index in [1.54, 1.807) is 19.1 Å². The van der Waals surface area contributed by atoms with Gasteiger partial charge >= 0.3 is 0 Å². The van der Waals surface area contributed by atoms with Crippen molar-refractivity contribution in [2.75, 3.05) is 33.2 Å². The maximum atomic E-state index is 14.0. The lowest BCUT2D eigenvalue weighted by atomic mass is 9.90. The van der Waals surface area contributed by atoms with Gasteiger partial charge < -0.3 is 16.0 Å². The van der Waals surface area contributed by atoms with Crippen LogP contribution in [0.15, 0.2) is 109 Å². The van der Waals surface area contributed by atoms with Crippen molar-refractivity contribution >= 4 is 11.8 Å². The Morgan fingerprint density at radius 1 is 1.10 bits per heavy atom. The van der Waals surface area contributed by atoms with E-state index in [-0.39, 0.29) is 29.8 Å². The van der Waals surface area contributed by atoms with E-state index in [0.717, 1.165) is 24.5 Å². The molecule has 218 valence electrons. The molecular formula is C34H43FN4O2. The first-order chi connectivity index (χ1) is 19.8. The molecule has 6 nitrogen and oxygen atoms in total. The van der Waals surface area contributed by atoms with Crippen molar-refractivity contribution in [2.24, 2.45) is 5.73 Å². The molecule has 2 amide bonds. The molecule has 1 aliphatic rings. The average molecular weight is 559 g/mol. The summed E-state index contributed by atoms with van der Waals surface area (Å²) >= 11 is 0. The van der Waals surface area contributed by atoms with Gasteiger partial charge in [-0.2, -0.15) is 0 Å². The third-order valence-electron chi connectivity index (χ3n) is 7.60. The summed E-state index contributed by atoms with van der Waals surface area (Å²) in [5.41, 5.74) is 8.92. The second kappa shape index (κ2) is 16.5. The number of nitrogens with zero attached hydrogens (tertiary/aromatic N) is 2. The number of hydrogen-bond acceptors (Lipinski definition) is 4. The third kappa shape index (κ3) is 9.66.